The van der Waals surface area contributed by atoms with Gasteiger partial charge in [0.05, 0.1) is 6.42 Å². The van der Waals surface area contributed by atoms with Gasteiger partial charge in [0.25, 0.3) is 0 Å². The summed E-state index contributed by atoms with van der Waals surface area (Å²) in [6.45, 7) is 1.42. The molecule has 4 heteroatoms. The van der Waals surface area contributed by atoms with E-state index >= 15 is 0 Å². The third-order valence-corrected chi connectivity index (χ3v) is 5.49. The van der Waals surface area contributed by atoms with Crippen molar-refractivity contribution in [2.45, 2.75) is 37.6 Å². The Morgan fingerprint density at radius 3 is 2.75 bits per heavy atom. The maximum Gasteiger partial charge on any atom is 0.245 e. The Labute approximate surface area is 141 Å². The average molecular weight is 322 g/mol. The highest BCUT2D eigenvalue weighted by Gasteiger charge is 2.50. The molecule has 1 N–H and O–H groups in total. The van der Waals surface area contributed by atoms with Gasteiger partial charge in [0.1, 0.15) is 5.54 Å². The highest BCUT2D eigenvalue weighted by molar-refractivity contribution is 5.95. The van der Waals surface area contributed by atoms with Crippen molar-refractivity contribution >= 4 is 22.6 Å². The van der Waals surface area contributed by atoms with E-state index in [1.54, 1.807) is 0 Å². The summed E-state index contributed by atoms with van der Waals surface area (Å²) in [5.41, 5.74) is 0.441. The molecule has 1 spiro atoms. The number of fused-ring (bicyclic) bond motifs is 1. The lowest BCUT2D eigenvalue weighted by Crippen LogP contribution is -2.60. The summed E-state index contributed by atoms with van der Waals surface area (Å²) in [4.78, 5) is 27.4. The van der Waals surface area contributed by atoms with Crippen LogP contribution in [0.5, 0.6) is 0 Å². The van der Waals surface area contributed by atoms with Gasteiger partial charge in [-0.3, -0.25) is 9.59 Å². The summed E-state index contributed by atoms with van der Waals surface area (Å²) in [5, 5.41) is 5.23. The smallest absolute Gasteiger partial charge is 0.245 e. The van der Waals surface area contributed by atoms with Crippen molar-refractivity contribution in [1.82, 2.24) is 10.2 Å². The van der Waals surface area contributed by atoms with Crippen LogP contribution in [-0.4, -0.2) is 35.3 Å². The molecule has 2 amide bonds. The summed E-state index contributed by atoms with van der Waals surface area (Å²) in [5.74, 6) is 0.110. The van der Waals surface area contributed by atoms with Gasteiger partial charge in [0.15, 0.2) is 0 Å². The van der Waals surface area contributed by atoms with Crippen LogP contribution in [0.25, 0.3) is 10.8 Å². The first-order chi connectivity index (χ1) is 11.7. The van der Waals surface area contributed by atoms with Crippen LogP contribution in [0.1, 0.15) is 31.2 Å². The lowest BCUT2D eigenvalue weighted by atomic mass is 9.86. The van der Waals surface area contributed by atoms with Gasteiger partial charge in [0.2, 0.25) is 11.8 Å². The first kappa shape index (κ1) is 15.2. The summed E-state index contributed by atoms with van der Waals surface area (Å²) in [6.07, 6.45) is 3.80. The molecule has 2 aromatic rings. The van der Waals surface area contributed by atoms with Crippen LogP contribution in [0, 0.1) is 0 Å². The molecule has 124 valence electrons. The first-order valence-electron chi connectivity index (χ1n) is 8.76. The predicted octanol–water partition coefficient (Wildman–Crippen LogP) is 2.65. The van der Waals surface area contributed by atoms with E-state index in [0.29, 0.717) is 13.0 Å². The van der Waals surface area contributed by atoms with E-state index in [4.69, 9.17) is 0 Å². The molecule has 4 nitrogen and oxygen atoms in total. The summed E-state index contributed by atoms with van der Waals surface area (Å²) in [7, 11) is 0. The normalized spacial score (nSPS) is 23.7. The Morgan fingerprint density at radius 2 is 1.88 bits per heavy atom. The van der Waals surface area contributed by atoms with Crippen LogP contribution in [0.2, 0.25) is 0 Å². The van der Waals surface area contributed by atoms with Gasteiger partial charge in [-0.2, -0.15) is 0 Å². The Kier molecular flexibility index (Phi) is 3.75. The number of likely N-dealkylation sites (tertiary alicyclic amines) is 1. The van der Waals surface area contributed by atoms with E-state index < -0.39 is 5.54 Å². The topological polar surface area (TPSA) is 49.4 Å². The molecule has 2 fully saturated rings. The van der Waals surface area contributed by atoms with E-state index in [9.17, 15) is 9.59 Å². The third kappa shape index (κ3) is 2.37. The number of hydrogen-bond acceptors (Lipinski definition) is 2. The number of amides is 2. The average Bonchev–Trinajstić information content (AvgIpc) is 3.03. The van der Waals surface area contributed by atoms with E-state index in [-0.39, 0.29) is 11.8 Å². The zero-order chi connectivity index (χ0) is 16.6. The van der Waals surface area contributed by atoms with Crippen molar-refractivity contribution in [1.29, 1.82) is 0 Å². The van der Waals surface area contributed by atoms with E-state index in [2.05, 4.69) is 23.5 Å². The summed E-state index contributed by atoms with van der Waals surface area (Å²) >= 11 is 0. The molecule has 2 aromatic carbocycles. The fourth-order valence-corrected chi connectivity index (χ4v) is 4.30. The molecule has 2 heterocycles. The molecule has 0 bridgehead atoms. The molecule has 2 aliphatic rings. The number of nitrogens with one attached hydrogen (secondary N) is 1. The van der Waals surface area contributed by atoms with E-state index in [1.807, 2.05) is 29.2 Å². The van der Waals surface area contributed by atoms with Crippen LogP contribution in [0.15, 0.2) is 42.5 Å². The zero-order valence-electron chi connectivity index (χ0n) is 13.8. The minimum atomic E-state index is -0.597. The predicted molar refractivity (Wildman–Crippen MR) is 93.6 cm³/mol. The fourth-order valence-electron chi connectivity index (χ4n) is 4.30. The minimum Gasteiger partial charge on any atom is -0.354 e. The fraction of sp³-hybridized carbons (Fsp3) is 0.400. The summed E-state index contributed by atoms with van der Waals surface area (Å²) < 4.78 is 0. The van der Waals surface area contributed by atoms with Crippen molar-refractivity contribution in [3.63, 3.8) is 0 Å². The second kappa shape index (κ2) is 5.93. The van der Waals surface area contributed by atoms with Crippen molar-refractivity contribution in [2.75, 3.05) is 13.1 Å². The van der Waals surface area contributed by atoms with Crippen molar-refractivity contribution in [3.05, 3.63) is 48.0 Å². The van der Waals surface area contributed by atoms with Crippen LogP contribution < -0.4 is 5.32 Å². The van der Waals surface area contributed by atoms with Crippen molar-refractivity contribution in [3.8, 4) is 0 Å². The van der Waals surface area contributed by atoms with Crippen LogP contribution in [0.4, 0.5) is 0 Å². The van der Waals surface area contributed by atoms with Crippen LogP contribution in [0.3, 0.4) is 0 Å². The number of rotatable bonds is 2. The van der Waals surface area contributed by atoms with Gasteiger partial charge in [-0.15, -0.1) is 0 Å². The molecule has 0 aromatic heterocycles. The highest BCUT2D eigenvalue weighted by Crippen LogP contribution is 2.36. The Morgan fingerprint density at radius 1 is 1.08 bits per heavy atom. The molecule has 2 aliphatic heterocycles. The van der Waals surface area contributed by atoms with Crippen LogP contribution in [-0.2, 0) is 16.0 Å². The molecule has 1 atom stereocenters. The molecular formula is C20H22N2O2. The SMILES string of the molecule is O=C(Cc1cccc2ccccc12)N1CCCC12CCCNC2=O. The standard InChI is InChI=1S/C20H22N2O2/c23-18(14-16-8-3-7-15-6-1-2-9-17(15)16)22-13-5-11-20(22)10-4-12-21-19(20)24/h1-3,6-9H,4-5,10-14H2,(H,21,24). The number of nitrogens with zero attached hydrogens (tertiary/aromatic N) is 1. The maximum absolute atomic E-state index is 13.0. The Balaban J connectivity index is 1.62. The van der Waals surface area contributed by atoms with Gasteiger partial charge < -0.3 is 10.2 Å². The number of carbonyl (C=O) groups is 2. The molecule has 2 saturated heterocycles. The molecular weight excluding hydrogens is 300 g/mol. The number of piperidine rings is 1. The van der Waals surface area contributed by atoms with Crippen molar-refractivity contribution < 1.29 is 9.59 Å². The monoisotopic (exact) mass is 322 g/mol. The number of benzene rings is 2. The largest absolute Gasteiger partial charge is 0.354 e. The van der Waals surface area contributed by atoms with E-state index in [0.717, 1.165) is 48.6 Å². The van der Waals surface area contributed by atoms with Gasteiger partial charge in [0, 0.05) is 13.1 Å². The molecule has 1 unspecified atom stereocenters. The third-order valence-electron chi connectivity index (χ3n) is 5.49. The molecule has 4 rings (SSSR count). The van der Waals surface area contributed by atoms with Gasteiger partial charge in [-0.05, 0) is 42.0 Å². The first-order valence-corrected chi connectivity index (χ1v) is 8.76. The molecule has 0 radical (unpaired) electrons. The summed E-state index contributed by atoms with van der Waals surface area (Å²) in [6, 6.07) is 14.2. The van der Waals surface area contributed by atoms with Crippen LogP contribution >= 0.6 is 0 Å². The Hall–Kier alpha value is -2.36. The van der Waals surface area contributed by atoms with Gasteiger partial charge in [-0.25, -0.2) is 0 Å². The minimum absolute atomic E-state index is 0.0394. The number of carbonyl (C=O) groups excluding carboxylic acids is 2. The number of hydrogen-bond donors (Lipinski definition) is 1. The molecule has 24 heavy (non-hydrogen) atoms. The van der Waals surface area contributed by atoms with Gasteiger partial charge >= 0.3 is 0 Å². The maximum atomic E-state index is 13.0. The van der Waals surface area contributed by atoms with E-state index in [1.165, 1.54) is 0 Å². The second-order valence-electron chi connectivity index (χ2n) is 6.86. The second-order valence-corrected chi connectivity index (χ2v) is 6.86. The van der Waals surface area contributed by atoms with Crippen molar-refractivity contribution in [2.24, 2.45) is 0 Å². The molecule has 0 saturated carbocycles. The Bertz CT molecular complexity index is 796. The molecule has 0 aliphatic carbocycles. The van der Waals surface area contributed by atoms with Gasteiger partial charge in [-0.1, -0.05) is 42.5 Å². The lowest BCUT2D eigenvalue weighted by molar-refractivity contribution is -0.146. The highest BCUT2D eigenvalue weighted by atomic mass is 16.2. The zero-order valence-corrected chi connectivity index (χ0v) is 13.8. The lowest BCUT2D eigenvalue weighted by Gasteiger charge is -2.40. The quantitative estimate of drug-likeness (QED) is 0.924.